The van der Waals surface area contributed by atoms with Gasteiger partial charge in [0.2, 0.25) is 0 Å². The zero-order chi connectivity index (χ0) is 25.3. The van der Waals surface area contributed by atoms with Crippen molar-refractivity contribution in [1.29, 1.82) is 0 Å². The second-order valence-electron chi connectivity index (χ2n) is 7.76. The Bertz CT molecular complexity index is 1410. The van der Waals surface area contributed by atoms with Crippen LogP contribution in [0.25, 0.3) is 22.1 Å². The molecule has 4 rings (SSSR count). The number of aliphatic carboxylic acids is 1. The average molecular weight is 491 g/mol. The van der Waals surface area contributed by atoms with Gasteiger partial charge < -0.3 is 20.0 Å². The fourth-order valence-electron chi connectivity index (χ4n) is 3.78. The number of rotatable bonds is 7. The Morgan fingerprint density at radius 3 is 2.49 bits per heavy atom. The van der Waals surface area contributed by atoms with Gasteiger partial charge >= 0.3 is 12.1 Å². The second kappa shape index (κ2) is 9.38. The summed E-state index contributed by atoms with van der Waals surface area (Å²) < 4.78 is 80.4. The Labute approximate surface area is 195 Å². The van der Waals surface area contributed by atoms with E-state index in [1.54, 1.807) is 0 Å². The molecule has 0 bridgehead atoms. The van der Waals surface area contributed by atoms with E-state index in [0.717, 1.165) is 12.1 Å². The molecule has 0 aliphatic carbocycles. The summed E-state index contributed by atoms with van der Waals surface area (Å²) >= 11 is 0. The van der Waals surface area contributed by atoms with Gasteiger partial charge in [-0.15, -0.1) is 0 Å². The minimum atomic E-state index is -4.74. The predicted octanol–water partition coefficient (Wildman–Crippen LogP) is 6.06. The molecule has 0 atom stereocenters. The van der Waals surface area contributed by atoms with E-state index in [9.17, 15) is 22.4 Å². The minimum Gasteiger partial charge on any atom is -0.488 e. The molecule has 0 fully saturated rings. The lowest BCUT2D eigenvalue weighted by Crippen LogP contribution is -2.06. The number of carboxylic acid groups (broad SMARTS) is 1. The van der Waals surface area contributed by atoms with Gasteiger partial charge in [-0.05, 0) is 23.8 Å². The molecular weight excluding hydrogens is 473 g/mol. The summed E-state index contributed by atoms with van der Waals surface area (Å²) in [6, 6.07) is 10.3. The number of halogens is 5. The first-order chi connectivity index (χ1) is 16.6. The molecule has 0 radical (unpaired) electrons. The topological polar surface area (TPSA) is 85.7 Å². The molecular formula is C25H18F5NO4. The molecule has 5 nitrogen and oxygen atoms in total. The van der Waals surface area contributed by atoms with E-state index in [4.69, 9.17) is 20.0 Å². The highest BCUT2D eigenvalue weighted by Gasteiger charge is 2.35. The fourth-order valence-corrected chi connectivity index (χ4v) is 3.78. The van der Waals surface area contributed by atoms with Crippen molar-refractivity contribution >= 4 is 16.9 Å². The zero-order valence-electron chi connectivity index (χ0n) is 18.0. The molecule has 0 aliphatic rings. The van der Waals surface area contributed by atoms with Crippen molar-refractivity contribution < 1.29 is 41.0 Å². The van der Waals surface area contributed by atoms with E-state index < -0.39 is 35.8 Å². The van der Waals surface area contributed by atoms with Crippen molar-refractivity contribution in [2.24, 2.45) is 5.73 Å². The highest BCUT2D eigenvalue weighted by atomic mass is 19.4. The van der Waals surface area contributed by atoms with Crippen LogP contribution in [0.1, 0.15) is 22.3 Å². The van der Waals surface area contributed by atoms with Gasteiger partial charge in [-0.1, -0.05) is 24.3 Å². The maximum Gasteiger partial charge on any atom is 0.420 e. The van der Waals surface area contributed by atoms with Crippen LogP contribution in [0.15, 0.2) is 59.2 Å². The average Bonchev–Trinajstić information content (AvgIpc) is 3.23. The Morgan fingerprint density at radius 1 is 1.03 bits per heavy atom. The molecule has 0 spiro atoms. The van der Waals surface area contributed by atoms with Crippen LogP contribution in [-0.2, 0) is 30.5 Å². The molecule has 1 heterocycles. The first-order valence-corrected chi connectivity index (χ1v) is 10.3. The van der Waals surface area contributed by atoms with Crippen molar-refractivity contribution in [3.63, 3.8) is 0 Å². The van der Waals surface area contributed by atoms with Crippen molar-refractivity contribution in [2.75, 3.05) is 0 Å². The number of carbonyl (C=O) groups is 1. The number of carboxylic acids is 1. The monoisotopic (exact) mass is 491 g/mol. The standard InChI is InChI=1S/C25H18F5NO4/c26-16-5-4-14(8-22(32)33)21(9-16)34-11-13-6-18(17-3-1-2-15(10-31)23(17)27)24-19(7-13)20(12-35-24)25(28,29)30/h1-7,9,12H,8,10-11,31H2,(H,32,33). The van der Waals surface area contributed by atoms with E-state index in [1.807, 2.05) is 0 Å². The summed E-state index contributed by atoms with van der Waals surface area (Å²) in [5, 5.41) is 8.76. The van der Waals surface area contributed by atoms with Crippen LogP contribution >= 0.6 is 0 Å². The summed E-state index contributed by atoms with van der Waals surface area (Å²) in [7, 11) is 0. The van der Waals surface area contributed by atoms with Gasteiger partial charge in [0.25, 0.3) is 0 Å². The molecule has 35 heavy (non-hydrogen) atoms. The molecule has 3 aromatic carbocycles. The van der Waals surface area contributed by atoms with Crippen LogP contribution in [0.3, 0.4) is 0 Å². The quantitative estimate of drug-likeness (QED) is 0.307. The number of alkyl halides is 3. The summed E-state index contributed by atoms with van der Waals surface area (Å²) in [6.45, 7) is -0.469. The second-order valence-corrected chi connectivity index (χ2v) is 7.76. The van der Waals surface area contributed by atoms with Crippen LogP contribution in [0.4, 0.5) is 22.0 Å². The van der Waals surface area contributed by atoms with Gasteiger partial charge in [0, 0.05) is 40.3 Å². The lowest BCUT2D eigenvalue weighted by Gasteiger charge is -2.14. The third-order valence-electron chi connectivity index (χ3n) is 5.39. The maximum atomic E-state index is 15.1. The number of furan rings is 1. The van der Waals surface area contributed by atoms with Crippen LogP contribution in [-0.4, -0.2) is 11.1 Å². The highest BCUT2D eigenvalue weighted by molar-refractivity contribution is 5.95. The number of hydrogen-bond acceptors (Lipinski definition) is 4. The molecule has 0 aliphatic heterocycles. The van der Waals surface area contributed by atoms with Crippen LogP contribution < -0.4 is 10.5 Å². The molecule has 0 amide bonds. The van der Waals surface area contributed by atoms with Crippen LogP contribution in [0.2, 0.25) is 0 Å². The number of nitrogens with two attached hydrogens (primary N) is 1. The normalized spacial score (nSPS) is 11.7. The van der Waals surface area contributed by atoms with Gasteiger partial charge in [-0.2, -0.15) is 13.2 Å². The molecule has 10 heteroatoms. The third-order valence-corrected chi connectivity index (χ3v) is 5.39. The molecule has 1 aromatic heterocycles. The van der Waals surface area contributed by atoms with Gasteiger partial charge in [0.15, 0.2) is 0 Å². The fraction of sp³-hybridized carbons (Fsp3) is 0.160. The zero-order valence-corrected chi connectivity index (χ0v) is 18.0. The highest BCUT2D eigenvalue weighted by Crippen LogP contribution is 2.41. The van der Waals surface area contributed by atoms with Gasteiger partial charge in [-0.25, -0.2) is 8.78 Å². The van der Waals surface area contributed by atoms with Gasteiger partial charge in [0.05, 0.1) is 6.42 Å². The van der Waals surface area contributed by atoms with E-state index in [1.165, 1.54) is 36.4 Å². The summed E-state index contributed by atoms with van der Waals surface area (Å²) in [5.74, 6) is -2.63. The van der Waals surface area contributed by atoms with Crippen LogP contribution in [0, 0.1) is 11.6 Å². The summed E-state index contributed by atoms with van der Waals surface area (Å²) in [4.78, 5) is 11.1. The van der Waals surface area contributed by atoms with Crippen LogP contribution in [0.5, 0.6) is 5.75 Å². The molecule has 0 unspecified atom stereocenters. The third kappa shape index (κ3) is 4.97. The number of benzene rings is 3. The Morgan fingerprint density at radius 2 is 1.80 bits per heavy atom. The SMILES string of the molecule is NCc1cccc(-c2cc(COc3cc(F)ccc3CC(=O)O)cc3c(C(F)(F)F)coc23)c1F. The smallest absolute Gasteiger partial charge is 0.420 e. The van der Waals surface area contributed by atoms with Crippen molar-refractivity contribution in [1.82, 2.24) is 0 Å². The van der Waals surface area contributed by atoms with Gasteiger partial charge in [-0.3, -0.25) is 4.79 Å². The number of ether oxygens (including phenoxy) is 1. The molecule has 0 saturated heterocycles. The molecule has 3 N–H and O–H groups in total. The van der Waals surface area contributed by atoms with E-state index >= 15 is 4.39 Å². The van der Waals surface area contributed by atoms with E-state index in [-0.39, 0.29) is 57.7 Å². The van der Waals surface area contributed by atoms with E-state index in [0.29, 0.717) is 6.26 Å². The lowest BCUT2D eigenvalue weighted by atomic mass is 9.97. The molecule has 182 valence electrons. The first-order valence-electron chi connectivity index (χ1n) is 10.3. The number of fused-ring (bicyclic) bond motifs is 1. The first kappa shape index (κ1) is 24.2. The van der Waals surface area contributed by atoms with Crippen molar-refractivity contribution in [3.8, 4) is 16.9 Å². The van der Waals surface area contributed by atoms with E-state index in [2.05, 4.69) is 0 Å². The maximum absolute atomic E-state index is 15.1. The largest absolute Gasteiger partial charge is 0.488 e. The Hall–Kier alpha value is -3.92. The molecule has 0 saturated carbocycles. The molecule has 4 aromatic rings. The lowest BCUT2D eigenvalue weighted by molar-refractivity contribution is -0.137. The Kier molecular flexibility index (Phi) is 6.49. The predicted molar refractivity (Wildman–Crippen MR) is 117 cm³/mol. The summed E-state index contributed by atoms with van der Waals surface area (Å²) in [6.07, 6.45) is -4.63. The van der Waals surface area contributed by atoms with Gasteiger partial charge in [0.1, 0.15) is 41.4 Å². The van der Waals surface area contributed by atoms with Crippen molar-refractivity contribution in [2.45, 2.75) is 25.7 Å². The Balaban J connectivity index is 1.83. The number of hydrogen-bond donors (Lipinski definition) is 2. The summed E-state index contributed by atoms with van der Waals surface area (Å²) in [5.41, 5.74) is 4.92. The van der Waals surface area contributed by atoms with Crippen molar-refractivity contribution in [3.05, 3.63) is 88.7 Å². The minimum absolute atomic E-state index is 0.0137.